The van der Waals surface area contributed by atoms with Gasteiger partial charge >= 0.3 is 51.4 Å². The molecule has 0 N–H and O–H groups in total. The molecule has 2 aliphatic rings. The minimum Gasteiger partial charge on any atom is -0.541 e. The smallest absolute Gasteiger partial charge is 0.541 e. The van der Waals surface area contributed by atoms with Crippen LogP contribution in [0.15, 0.2) is 18.5 Å². The molecule has 0 saturated heterocycles. The average Bonchev–Trinajstić information content (AvgIpc) is 2.67. The van der Waals surface area contributed by atoms with Crippen LogP contribution in [-0.4, -0.2) is 21.5 Å². The van der Waals surface area contributed by atoms with E-state index in [1.165, 1.54) is 6.07 Å². The molecule has 0 aromatic heterocycles. The molecule has 2 aliphatic heterocycles. The molecule has 0 amide bonds. The second kappa shape index (κ2) is 5.55. The quantitative estimate of drug-likeness (QED) is 0.341. The molecule has 5 nitrogen and oxygen atoms in total. The standard InChI is InChI=1S/C9H4ClFN2O3.K/c10-5-1-2-13(11)7-4(3-12-6(5)7)8(14)9(15)16;/h1-3H,(H,15,16);/q;+1/p-1. The third-order valence-electron chi connectivity index (χ3n) is 2.02. The van der Waals surface area contributed by atoms with Crippen molar-refractivity contribution in [1.29, 1.82) is 0 Å². The van der Waals surface area contributed by atoms with Crippen molar-refractivity contribution in [3.63, 3.8) is 0 Å². The maximum Gasteiger partial charge on any atom is 1.00 e. The van der Waals surface area contributed by atoms with E-state index in [-0.39, 0.29) is 78.1 Å². The number of hydrogen-bond donors (Lipinski definition) is 0. The number of pyridine rings is 1. The van der Waals surface area contributed by atoms with E-state index >= 15 is 0 Å². The molecule has 0 spiro atoms. The minimum absolute atomic E-state index is 0. The molecule has 2 rings (SSSR count). The van der Waals surface area contributed by atoms with Gasteiger partial charge in [-0.2, -0.15) is 4.79 Å². The van der Waals surface area contributed by atoms with Crippen LogP contribution >= 0.6 is 11.6 Å². The van der Waals surface area contributed by atoms with Crippen LogP contribution in [0.3, 0.4) is 0 Å². The summed E-state index contributed by atoms with van der Waals surface area (Å²) in [5.74, 6) is -3.26. The van der Waals surface area contributed by atoms with Crippen LogP contribution in [0.5, 0.6) is 0 Å². The normalized spacial score (nSPS) is 10.0. The topological polar surface area (TPSA) is 75.0 Å². The number of aliphatic carboxylic acids is 1. The number of rotatable bonds is 2. The van der Waals surface area contributed by atoms with Crippen molar-refractivity contribution in [1.82, 2.24) is 9.77 Å². The molecule has 17 heavy (non-hydrogen) atoms. The van der Waals surface area contributed by atoms with Crippen LogP contribution in [0.25, 0.3) is 11.4 Å². The summed E-state index contributed by atoms with van der Waals surface area (Å²) in [7, 11) is 0. The van der Waals surface area contributed by atoms with Crippen LogP contribution in [0.4, 0.5) is 4.48 Å². The fraction of sp³-hybridized carbons (Fsp3) is 0. The Morgan fingerprint density at radius 3 is 2.71 bits per heavy atom. The van der Waals surface area contributed by atoms with Gasteiger partial charge < -0.3 is 9.90 Å². The number of fused-ring (bicyclic) bond motifs is 1. The largest absolute Gasteiger partial charge is 1.00 e. The van der Waals surface area contributed by atoms with Gasteiger partial charge in [0.05, 0.1) is 10.6 Å². The third-order valence-corrected chi connectivity index (χ3v) is 2.33. The van der Waals surface area contributed by atoms with Gasteiger partial charge in [0.15, 0.2) is 0 Å². The van der Waals surface area contributed by atoms with Gasteiger partial charge in [-0.25, -0.2) is 0 Å². The van der Waals surface area contributed by atoms with E-state index in [9.17, 15) is 19.2 Å². The number of carboxylic acids is 1. The first-order valence-electron chi connectivity index (χ1n) is 4.09. The van der Waals surface area contributed by atoms with Gasteiger partial charge in [0.25, 0.3) is 0 Å². The molecule has 0 aromatic carbocycles. The first kappa shape index (κ1) is 14.7. The van der Waals surface area contributed by atoms with Gasteiger partial charge in [0.1, 0.15) is 17.4 Å². The van der Waals surface area contributed by atoms with E-state index in [2.05, 4.69) is 4.98 Å². The van der Waals surface area contributed by atoms with E-state index in [0.717, 1.165) is 12.4 Å². The van der Waals surface area contributed by atoms with Gasteiger partial charge in [-0.15, -0.1) is 0 Å². The zero-order valence-corrected chi connectivity index (χ0v) is 12.5. The molecular formula is C9H3ClFKN2O3. The number of carbonyl (C=O) groups excluding carboxylic acids is 2. The van der Waals surface area contributed by atoms with E-state index in [1.54, 1.807) is 0 Å². The fourth-order valence-corrected chi connectivity index (χ4v) is 1.53. The minimum atomic E-state index is -1.92. The molecule has 0 aliphatic carbocycles. The number of ketones is 1. The van der Waals surface area contributed by atoms with Gasteiger partial charge in [-0.05, 0) is 6.07 Å². The maximum absolute atomic E-state index is 13.3. The molecular weight excluding hydrogens is 278 g/mol. The summed E-state index contributed by atoms with van der Waals surface area (Å²) < 4.78 is 13.3. The van der Waals surface area contributed by atoms with Crippen molar-refractivity contribution in [3.8, 4) is 11.4 Å². The number of hydrogen-bond acceptors (Lipinski definition) is 4. The van der Waals surface area contributed by atoms with Crippen LogP contribution in [0.1, 0.15) is 10.4 Å². The molecule has 0 bridgehead atoms. The second-order valence-electron chi connectivity index (χ2n) is 2.96. The van der Waals surface area contributed by atoms with Crippen molar-refractivity contribution in [3.05, 3.63) is 29.0 Å². The molecule has 0 aromatic rings. The summed E-state index contributed by atoms with van der Waals surface area (Å²) in [4.78, 5) is 25.3. The number of nitrogens with zero attached hydrogens (tertiary/aromatic N) is 2. The van der Waals surface area contributed by atoms with E-state index in [1.807, 2.05) is 0 Å². The Kier molecular flexibility index (Phi) is 4.82. The second-order valence-corrected chi connectivity index (χ2v) is 3.37. The number of carboxylic acid groups (broad SMARTS) is 1. The maximum atomic E-state index is 13.3. The molecule has 8 heteroatoms. The van der Waals surface area contributed by atoms with Crippen LogP contribution in [0, 0.1) is 0 Å². The summed E-state index contributed by atoms with van der Waals surface area (Å²) in [5, 5.41) is 10.5. The van der Waals surface area contributed by atoms with Crippen molar-refractivity contribution >= 4 is 23.4 Å². The zero-order valence-electron chi connectivity index (χ0n) is 8.61. The average molecular weight is 281 g/mol. The molecule has 82 valence electrons. The van der Waals surface area contributed by atoms with Crippen molar-refractivity contribution in [2.75, 3.05) is 0 Å². The van der Waals surface area contributed by atoms with E-state index in [4.69, 9.17) is 11.6 Å². The number of halogens is 2. The first-order chi connectivity index (χ1) is 7.52. The Morgan fingerprint density at radius 2 is 2.12 bits per heavy atom. The van der Waals surface area contributed by atoms with Crippen molar-refractivity contribution in [2.24, 2.45) is 0 Å². The van der Waals surface area contributed by atoms with Crippen LogP contribution in [-0.2, 0) is 4.79 Å². The summed E-state index contributed by atoms with van der Waals surface area (Å²) in [6.07, 6.45) is 1.91. The number of aromatic nitrogens is 2. The molecule has 0 unspecified atom stereocenters. The van der Waals surface area contributed by atoms with Crippen LogP contribution in [0.2, 0.25) is 5.02 Å². The Morgan fingerprint density at radius 1 is 1.47 bits per heavy atom. The Bertz CT molecular complexity index is 572. The van der Waals surface area contributed by atoms with E-state index in [0.29, 0.717) is 0 Å². The van der Waals surface area contributed by atoms with Gasteiger partial charge in [-0.1, -0.05) is 16.1 Å². The molecule has 0 fully saturated rings. The first-order valence-corrected chi connectivity index (χ1v) is 4.47. The summed E-state index contributed by atoms with van der Waals surface area (Å²) in [5.41, 5.74) is -0.641. The molecule has 0 atom stereocenters. The predicted molar refractivity (Wildman–Crippen MR) is 49.7 cm³/mol. The molecule has 0 saturated carbocycles. The third kappa shape index (κ3) is 2.59. The summed E-state index contributed by atoms with van der Waals surface area (Å²) >= 11 is 5.71. The Hall–Kier alpha value is -0.314. The molecule has 0 radical (unpaired) electrons. The van der Waals surface area contributed by atoms with E-state index < -0.39 is 11.8 Å². The Balaban J connectivity index is 0.00000144. The van der Waals surface area contributed by atoms with Gasteiger partial charge in [0, 0.05) is 12.4 Å². The number of carbonyl (C=O) groups is 2. The number of Topliss-reactive ketones (excluding diaryl/α,β-unsaturated/α-hetero) is 1. The van der Waals surface area contributed by atoms with Gasteiger partial charge in [-0.3, -0.25) is 9.78 Å². The van der Waals surface area contributed by atoms with Crippen molar-refractivity contribution in [2.45, 2.75) is 0 Å². The van der Waals surface area contributed by atoms with Gasteiger partial charge in [0.2, 0.25) is 5.78 Å². The van der Waals surface area contributed by atoms with Crippen molar-refractivity contribution < 1.29 is 70.6 Å². The summed E-state index contributed by atoms with van der Waals surface area (Å²) in [6, 6.07) is 1.24. The monoisotopic (exact) mass is 280 g/mol. The zero-order chi connectivity index (χ0) is 11.9. The fourth-order valence-electron chi connectivity index (χ4n) is 1.33. The molecule has 2 heterocycles. The Labute approximate surface area is 142 Å². The summed E-state index contributed by atoms with van der Waals surface area (Å²) in [6.45, 7) is 0. The SMILES string of the molecule is O=C([O-])C(=O)c1cnc2c(Cl)ccn(F)c1-2.[K+]. The predicted octanol–water partition coefficient (Wildman–Crippen LogP) is -2.69. The van der Waals surface area contributed by atoms with Crippen LogP contribution < -0.4 is 56.5 Å².